The van der Waals surface area contributed by atoms with E-state index in [1.165, 1.54) is 7.11 Å². The minimum atomic E-state index is -0.247. The van der Waals surface area contributed by atoms with Crippen LogP contribution in [-0.4, -0.2) is 13.0 Å². The van der Waals surface area contributed by atoms with Gasteiger partial charge in [0.2, 0.25) is 5.91 Å². The molecule has 0 aromatic heterocycles. The van der Waals surface area contributed by atoms with Crippen LogP contribution in [0.1, 0.15) is 12.0 Å². The molecule has 1 aromatic carbocycles. The fourth-order valence-electron chi connectivity index (χ4n) is 1.24. The van der Waals surface area contributed by atoms with E-state index >= 15 is 0 Å². The Morgan fingerprint density at radius 1 is 1.44 bits per heavy atom. The average molecular weight is 263 g/mol. The lowest BCUT2D eigenvalue weighted by Crippen LogP contribution is -2.30. The van der Waals surface area contributed by atoms with Gasteiger partial charge in [-0.15, -0.1) is 0 Å². The topological polar surface area (TPSA) is 64.3 Å². The Kier molecular flexibility index (Phi) is 4.86. The number of halogens is 2. The Labute approximate surface area is 104 Å². The van der Waals surface area contributed by atoms with Crippen molar-refractivity contribution in [1.29, 1.82) is 0 Å². The van der Waals surface area contributed by atoms with Crippen LogP contribution in [0.3, 0.4) is 0 Å². The highest BCUT2D eigenvalue weighted by molar-refractivity contribution is 6.43. The van der Waals surface area contributed by atoms with Gasteiger partial charge in [0, 0.05) is 6.42 Å². The molecule has 0 fully saturated rings. The molecular weight excluding hydrogens is 251 g/mol. The second-order valence-corrected chi connectivity index (χ2v) is 3.88. The van der Waals surface area contributed by atoms with Crippen LogP contribution in [0.4, 0.5) is 0 Å². The monoisotopic (exact) mass is 262 g/mol. The van der Waals surface area contributed by atoms with Gasteiger partial charge in [0.1, 0.15) is 10.8 Å². The number of carbonyl (C=O) groups is 1. The van der Waals surface area contributed by atoms with Crippen molar-refractivity contribution in [2.75, 3.05) is 7.11 Å². The number of hydrogen-bond acceptors (Lipinski definition) is 3. The van der Waals surface area contributed by atoms with E-state index in [-0.39, 0.29) is 12.3 Å². The van der Waals surface area contributed by atoms with Gasteiger partial charge in [0.05, 0.1) is 12.1 Å². The number of aryl methyl sites for hydroxylation is 1. The van der Waals surface area contributed by atoms with E-state index in [2.05, 4.69) is 5.43 Å². The smallest absolute Gasteiger partial charge is 0.234 e. The summed E-state index contributed by atoms with van der Waals surface area (Å²) in [5, 5.41) is 0.765. The highest BCUT2D eigenvalue weighted by Gasteiger charge is 2.11. The second kappa shape index (κ2) is 5.94. The molecule has 6 heteroatoms. The fourth-order valence-corrected chi connectivity index (χ4v) is 1.75. The third kappa shape index (κ3) is 3.01. The van der Waals surface area contributed by atoms with Crippen molar-refractivity contribution in [1.82, 2.24) is 5.43 Å². The molecule has 0 aliphatic heterocycles. The van der Waals surface area contributed by atoms with Gasteiger partial charge in [-0.3, -0.25) is 10.2 Å². The van der Waals surface area contributed by atoms with Crippen LogP contribution in [0.5, 0.6) is 5.75 Å². The summed E-state index contributed by atoms with van der Waals surface area (Å²) >= 11 is 12.0. The number of nitrogens with two attached hydrogens (primary N) is 1. The highest BCUT2D eigenvalue weighted by Crippen LogP contribution is 2.34. The summed E-state index contributed by atoms with van der Waals surface area (Å²) in [6.07, 6.45) is 0.741. The number of methoxy groups -OCH3 is 1. The second-order valence-electron chi connectivity index (χ2n) is 3.12. The minimum Gasteiger partial charge on any atom is -0.495 e. The van der Waals surface area contributed by atoms with Crippen molar-refractivity contribution < 1.29 is 9.53 Å². The van der Waals surface area contributed by atoms with Gasteiger partial charge in [0.25, 0.3) is 0 Å². The lowest BCUT2D eigenvalue weighted by molar-refractivity contribution is -0.121. The zero-order chi connectivity index (χ0) is 12.1. The molecule has 16 heavy (non-hydrogen) atoms. The number of hydrogen-bond donors (Lipinski definition) is 2. The maximum Gasteiger partial charge on any atom is 0.234 e. The Hall–Kier alpha value is -0.970. The van der Waals surface area contributed by atoms with Crippen LogP contribution >= 0.6 is 23.2 Å². The molecule has 0 spiro atoms. The summed E-state index contributed by atoms with van der Waals surface area (Å²) in [6.45, 7) is 0. The lowest BCUT2D eigenvalue weighted by atomic mass is 10.1. The molecule has 0 saturated heterocycles. The molecular formula is C10H12Cl2N2O2. The summed E-state index contributed by atoms with van der Waals surface area (Å²) in [7, 11) is 1.51. The number of carbonyl (C=O) groups excluding carboxylic acids is 1. The first-order valence-electron chi connectivity index (χ1n) is 4.60. The van der Waals surface area contributed by atoms with Gasteiger partial charge < -0.3 is 4.74 Å². The average Bonchev–Trinajstić information content (AvgIpc) is 2.30. The SMILES string of the molecule is COc1ccc(CCC(=O)NN)c(Cl)c1Cl. The molecule has 1 rings (SSSR count). The Bertz CT molecular complexity index is 397. The van der Waals surface area contributed by atoms with Crippen molar-refractivity contribution in [3.63, 3.8) is 0 Å². The molecule has 0 radical (unpaired) electrons. The number of hydrazine groups is 1. The summed E-state index contributed by atoms with van der Waals surface area (Å²) in [5.41, 5.74) is 2.84. The van der Waals surface area contributed by atoms with Crippen molar-refractivity contribution in [3.8, 4) is 5.75 Å². The first kappa shape index (κ1) is 13.1. The molecule has 0 unspecified atom stereocenters. The maximum absolute atomic E-state index is 11.0. The molecule has 3 N–H and O–H groups in total. The van der Waals surface area contributed by atoms with Crippen LogP contribution in [0.2, 0.25) is 10.0 Å². The largest absolute Gasteiger partial charge is 0.495 e. The Morgan fingerprint density at radius 2 is 2.12 bits per heavy atom. The molecule has 0 heterocycles. The first-order chi connectivity index (χ1) is 7.60. The van der Waals surface area contributed by atoms with Gasteiger partial charge in [-0.25, -0.2) is 5.84 Å². The molecule has 0 atom stereocenters. The van der Waals surface area contributed by atoms with Crippen LogP contribution in [0.25, 0.3) is 0 Å². The van der Waals surface area contributed by atoms with E-state index in [0.717, 1.165) is 5.56 Å². The van der Waals surface area contributed by atoms with E-state index in [1.807, 2.05) is 0 Å². The van der Waals surface area contributed by atoms with E-state index in [1.54, 1.807) is 12.1 Å². The van der Waals surface area contributed by atoms with Crippen LogP contribution < -0.4 is 16.0 Å². The zero-order valence-electron chi connectivity index (χ0n) is 8.72. The Balaban J connectivity index is 2.82. The highest BCUT2D eigenvalue weighted by atomic mass is 35.5. The number of ether oxygens (including phenoxy) is 1. The van der Waals surface area contributed by atoms with Crippen LogP contribution in [0, 0.1) is 0 Å². The first-order valence-corrected chi connectivity index (χ1v) is 5.36. The van der Waals surface area contributed by atoms with Crippen molar-refractivity contribution >= 4 is 29.1 Å². The molecule has 1 amide bonds. The van der Waals surface area contributed by atoms with Gasteiger partial charge in [-0.05, 0) is 18.1 Å². The molecule has 4 nitrogen and oxygen atoms in total. The third-order valence-electron chi connectivity index (χ3n) is 2.13. The van der Waals surface area contributed by atoms with Crippen LogP contribution in [0.15, 0.2) is 12.1 Å². The minimum absolute atomic E-state index is 0.247. The molecule has 0 saturated carbocycles. The molecule has 0 bridgehead atoms. The number of nitrogens with one attached hydrogen (secondary N) is 1. The molecule has 0 aliphatic carbocycles. The standard InChI is InChI=1S/C10H12Cl2N2O2/c1-16-7-4-2-6(9(11)10(7)12)3-5-8(15)14-13/h2,4H,3,5,13H2,1H3,(H,14,15). The van der Waals surface area contributed by atoms with E-state index < -0.39 is 0 Å². The number of rotatable bonds is 4. The van der Waals surface area contributed by atoms with Crippen LogP contribution in [-0.2, 0) is 11.2 Å². The number of amides is 1. The molecule has 0 aliphatic rings. The molecule has 1 aromatic rings. The van der Waals surface area contributed by atoms with E-state index in [0.29, 0.717) is 22.2 Å². The summed E-state index contributed by atoms with van der Waals surface area (Å²) in [6, 6.07) is 3.49. The lowest BCUT2D eigenvalue weighted by Gasteiger charge is -2.09. The van der Waals surface area contributed by atoms with Gasteiger partial charge in [-0.1, -0.05) is 29.3 Å². The van der Waals surface area contributed by atoms with Crippen molar-refractivity contribution in [3.05, 3.63) is 27.7 Å². The summed E-state index contributed by atoms with van der Waals surface area (Å²) in [4.78, 5) is 11.0. The predicted octanol–water partition coefficient (Wildman–Crippen LogP) is 1.92. The van der Waals surface area contributed by atoms with Gasteiger partial charge in [-0.2, -0.15) is 0 Å². The number of benzene rings is 1. The van der Waals surface area contributed by atoms with Crippen molar-refractivity contribution in [2.45, 2.75) is 12.8 Å². The maximum atomic E-state index is 11.0. The van der Waals surface area contributed by atoms with E-state index in [4.69, 9.17) is 33.8 Å². The quantitative estimate of drug-likeness (QED) is 0.495. The van der Waals surface area contributed by atoms with Gasteiger partial charge >= 0.3 is 0 Å². The van der Waals surface area contributed by atoms with E-state index in [9.17, 15) is 4.79 Å². The summed E-state index contributed by atoms with van der Waals surface area (Å²) in [5.74, 6) is 5.24. The van der Waals surface area contributed by atoms with Crippen molar-refractivity contribution in [2.24, 2.45) is 5.84 Å². The summed E-state index contributed by atoms with van der Waals surface area (Å²) < 4.78 is 5.01. The normalized spacial score (nSPS) is 10.0. The zero-order valence-corrected chi connectivity index (χ0v) is 10.2. The predicted molar refractivity (Wildman–Crippen MR) is 63.7 cm³/mol. The fraction of sp³-hybridized carbons (Fsp3) is 0.300. The third-order valence-corrected chi connectivity index (χ3v) is 3.03. The van der Waals surface area contributed by atoms with Gasteiger partial charge in [0.15, 0.2) is 0 Å². The molecule has 88 valence electrons. The Morgan fingerprint density at radius 3 is 2.69 bits per heavy atom.